The van der Waals surface area contributed by atoms with Gasteiger partial charge in [0.2, 0.25) is 5.91 Å². The Hall–Kier alpha value is -3.89. The van der Waals surface area contributed by atoms with Crippen LogP contribution in [0, 0.1) is 0 Å². The third kappa shape index (κ3) is 5.88. The van der Waals surface area contributed by atoms with Crippen molar-refractivity contribution < 1.29 is 42.1 Å². The molecule has 0 aliphatic carbocycles. The molecule has 0 saturated carbocycles. The smallest absolute Gasteiger partial charge is 0.387 e. The number of carbonyl (C=O) groups is 3. The van der Waals surface area contributed by atoms with Gasteiger partial charge in [0.1, 0.15) is 5.75 Å². The second kappa shape index (κ2) is 10.6. The molecular weight excluding hydrogens is 442 g/mol. The Morgan fingerprint density at radius 3 is 2.42 bits per heavy atom. The Morgan fingerprint density at radius 2 is 1.85 bits per heavy atom. The minimum atomic E-state index is -3.14. The van der Waals surface area contributed by atoms with Crippen molar-refractivity contribution in [1.82, 2.24) is 0 Å². The summed E-state index contributed by atoms with van der Waals surface area (Å²) < 4.78 is 44.9. The molecule has 3 rings (SSSR count). The number of nitrogens with zero attached hydrogens (tertiary/aromatic N) is 1. The number of esters is 1. The molecule has 0 radical (unpaired) electrons. The molecule has 33 heavy (non-hydrogen) atoms. The van der Waals surface area contributed by atoms with E-state index in [1.54, 1.807) is 29.2 Å². The topological polar surface area (TPSA) is 103 Å². The van der Waals surface area contributed by atoms with Gasteiger partial charge >= 0.3 is 12.6 Å². The molecule has 2 amide bonds. The van der Waals surface area contributed by atoms with Crippen LogP contribution in [0.3, 0.4) is 0 Å². The summed E-state index contributed by atoms with van der Waals surface area (Å²) in [4.78, 5) is 38.0. The number of anilines is 2. The quantitative estimate of drug-likeness (QED) is 0.569. The predicted molar refractivity (Wildman–Crippen MR) is 113 cm³/mol. The first kappa shape index (κ1) is 23.8. The lowest BCUT2D eigenvalue weighted by Gasteiger charge is -2.17. The Bertz CT molecular complexity index is 1030. The zero-order chi connectivity index (χ0) is 24.0. The molecule has 1 aliphatic heterocycles. The average Bonchev–Trinajstić information content (AvgIpc) is 3.23. The molecular formula is C22H22F2N2O7. The monoisotopic (exact) mass is 464 g/mol. The number of nitrogens with one attached hydrogen (secondary N) is 1. The van der Waals surface area contributed by atoms with Crippen LogP contribution >= 0.6 is 0 Å². The normalized spacial score (nSPS) is 13.1. The zero-order valence-electron chi connectivity index (χ0n) is 17.9. The number of hydrogen-bond acceptors (Lipinski definition) is 7. The van der Waals surface area contributed by atoms with Crippen LogP contribution in [-0.4, -0.2) is 51.8 Å². The van der Waals surface area contributed by atoms with E-state index in [9.17, 15) is 23.2 Å². The molecule has 1 aliphatic rings. The summed E-state index contributed by atoms with van der Waals surface area (Å²) in [5.74, 6) is -1.55. The first-order valence-electron chi connectivity index (χ1n) is 9.90. The summed E-state index contributed by atoms with van der Waals surface area (Å²) >= 11 is 0. The van der Waals surface area contributed by atoms with Crippen LogP contribution in [0.5, 0.6) is 17.2 Å². The number of alkyl halides is 2. The molecule has 0 atom stereocenters. The van der Waals surface area contributed by atoms with E-state index in [4.69, 9.17) is 9.47 Å². The Balaban J connectivity index is 1.69. The van der Waals surface area contributed by atoms with E-state index in [1.165, 1.54) is 7.11 Å². The van der Waals surface area contributed by atoms with Gasteiger partial charge in [0, 0.05) is 30.8 Å². The van der Waals surface area contributed by atoms with E-state index in [0.29, 0.717) is 18.7 Å². The van der Waals surface area contributed by atoms with Crippen molar-refractivity contribution in [2.24, 2.45) is 0 Å². The summed E-state index contributed by atoms with van der Waals surface area (Å²) in [6.07, 6.45) is 1.32. The van der Waals surface area contributed by atoms with Gasteiger partial charge in [0.25, 0.3) is 5.91 Å². The number of benzene rings is 2. The number of halogens is 2. The van der Waals surface area contributed by atoms with Crippen LogP contribution in [-0.2, 0) is 14.3 Å². The van der Waals surface area contributed by atoms with Crippen LogP contribution in [0.2, 0.25) is 0 Å². The number of rotatable bonds is 9. The van der Waals surface area contributed by atoms with E-state index < -0.39 is 25.1 Å². The Labute approximate surface area is 188 Å². The van der Waals surface area contributed by atoms with Crippen molar-refractivity contribution in [2.75, 3.05) is 37.6 Å². The van der Waals surface area contributed by atoms with Gasteiger partial charge < -0.3 is 29.2 Å². The summed E-state index contributed by atoms with van der Waals surface area (Å²) in [5.41, 5.74) is 0.501. The lowest BCUT2D eigenvalue weighted by atomic mass is 10.1. The average molecular weight is 464 g/mol. The molecule has 1 saturated heterocycles. The highest BCUT2D eigenvalue weighted by atomic mass is 19.3. The van der Waals surface area contributed by atoms with E-state index in [-0.39, 0.29) is 28.7 Å². The minimum absolute atomic E-state index is 0.0548. The molecule has 1 fully saturated rings. The Morgan fingerprint density at radius 1 is 1.12 bits per heavy atom. The van der Waals surface area contributed by atoms with Gasteiger partial charge in [-0.1, -0.05) is 0 Å². The van der Waals surface area contributed by atoms with Gasteiger partial charge in [-0.3, -0.25) is 9.59 Å². The molecule has 11 heteroatoms. The molecule has 0 aromatic heterocycles. The second-order valence-electron chi connectivity index (χ2n) is 6.90. The highest BCUT2D eigenvalue weighted by molar-refractivity contribution is 6.02. The maximum absolute atomic E-state index is 12.7. The maximum atomic E-state index is 12.7. The molecule has 176 valence electrons. The van der Waals surface area contributed by atoms with E-state index in [1.807, 2.05) is 0 Å². The fourth-order valence-electron chi connectivity index (χ4n) is 3.27. The SMILES string of the molecule is COC(=O)c1cc(OC)c(OC(F)F)cc1NC(=O)COc1ccc(N2CCCC2=O)cc1. The number of methoxy groups -OCH3 is 2. The third-order valence-electron chi connectivity index (χ3n) is 4.79. The number of hydrogen-bond donors (Lipinski definition) is 1. The van der Waals surface area contributed by atoms with Crippen molar-refractivity contribution in [3.8, 4) is 17.2 Å². The maximum Gasteiger partial charge on any atom is 0.387 e. The van der Waals surface area contributed by atoms with E-state index >= 15 is 0 Å². The lowest BCUT2D eigenvalue weighted by Crippen LogP contribution is -2.23. The summed E-state index contributed by atoms with van der Waals surface area (Å²) in [5, 5.41) is 2.42. The molecule has 2 aromatic rings. The molecule has 1 N–H and O–H groups in total. The number of amides is 2. The highest BCUT2D eigenvalue weighted by Gasteiger charge is 2.22. The summed E-state index contributed by atoms with van der Waals surface area (Å²) in [6.45, 7) is -2.92. The van der Waals surface area contributed by atoms with Crippen molar-refractivity contribution in [2.45, 2.75) is 19.5 Å². The summed E-state index contributed by atoms with van der Waals surface area (Å²) in [6, 6.07) is 8.83. The lowest BCUT2D eigenvalue weighted by molar-refractivity contribution is -0.118. The van der Waals surface area contributed by atoms with Gasteiger partial charge in [-0.2, -0.15) is 8.78 Å². The molecule has 0 unspecified atom stereocenters. The largest absolute Gasteiger partial charge is 0.493 e. The van der Waals surface area contributed by atoms with Gasteiger partial charge in [-0.15, -0.1) is 0 Å². The van der Waals surface area contributed by atoms with Gasteiger partial charge in [-0.05, 0) is 30.7 Å². The minimum Gasteiger partial charge on any atom is -0.493 e. The van der Waals surface area contributed by atoms with Crippen molar-refractivity contribution in [3.63, 3.8) is 0 Å². The van der Waals surface area contributed by atoms with E-state index in [2.05, 4.69) is 14.8 Å². The van der Waals surface area contributed by atoms with Crippen LogP contribution in [0.4, 0.5) is 20.2 Å². The molecule has 1 heterocycles. The zero-order valence-corrected chi connectivity index (χ0v) is 17.9. The molecule has 0 bridgehead atoms. The van der Waals surface area contributed by atoms with Crippen LogP contribution in [0.1, 0.15) is 23.2 Å². The van der Waals surface area contributed by atoms with Crippen LogP contribution in [0.25, 0.3) is 0 Å². The Kier molecular flexibility index (Phi) is 7.65. The molecule has 9 nitrogen and oxygen atoms in total. The highest BCUT2D eigenvalue weighted by Crippen LogP contribution is 2.35. The van der Waals surface area contributed by atoms with E-state index in [0.717, 1.165) is 31.4 Å². The van der Waals surface area contributed by atoms with Gasteiger partial charge in [0.15, 0.2) is 18.1 Å². The van der Waals surface area contributed by atoms with Crippen molar-refractivity contribution in [1.29, 1.82) is 0 Å². The first-order chi connectivity index (χ1) is 15.8. The fourth-order valence-corrected chi connectivity index (χ4v) is 3.27. The summed E-state index contributed by atoms with van der Waals surface area (Å²) in [7, 11) is 2.35. The third-order valence-corrected chi connectivity index (χ3v) is 4.79. The van der Waals surface area contributed by atoms with Crippen molar-refractivity contribution >= 4 is 29.2 Å². The van der Waals surface area contributed by atoms with Crippen LogP contribution in [0.15, 0.2) is 36.4 Å². The fraction of sp³-hybridized carbons (Fsp3) is 0.318. The molecule has 2 aromatic carbocycles. The first-order valence-corrected chi connectivity index (χ1v) is 9.90. The number of ether oxygens (including phenoxy) is 4. The van der Waals surface area contributed by atoms with Gasteiger partial charge in [0.05, 0.1) is 25.5 Å². The van der Waals surface area contributed by atoms with Crippen LogP contribution < -0.4 is 24.4 Å². The van der Waals surface area contributed by atoms with Gasteiger partial charge in [-0.25, -0.2) is 4.79 Å². The predicted octanol–water partition coefficient (Wildman–Crippen LogP) is 3.23. The van der Waals surface area contributed by atoms with Crippen molar-refractivity contribution in [3.05, 3.63) is 42.0 Å². The molecule has 0 spiro atoms. The standard InChI is InChI=1S/C22H22F2N2O7/c1-30-17-10-15(21(29)31-2)16(11-18(17)33-22(23)24)25-19(27)12-32-14-7-5-13(6-8-14)26-9-3-4-20(26)28/h5-8,10-11,22H,3-4,9,12H2,1-2H3,(H,25,27). The second-order valence-corrected chi connectivity index (χ2v) is 6.90. The number of carbonyl (C=O) groups excluding carboxylic acids is 3.